The summed E-state index contributed by atoms with van der Waals surface area (Å²) in [5.74, 6) is -1.03. The summed E-state index contributed by atoms with van der Waals surface area (Å²) >= 11 is 0. The van der Waals surface area contributed by atoms with Gasteiger partial charge in [-0.05, 0) is 38.0 Å². The van der Waals surface area contributed by atoms with Crippen LogP contribution in [0.3, 0.4) is 0 Å². The molecule has 0 aliphatic heterocycles. The van der Waals surface area contributed by atoms with Crippen LogP contribution in [0.2, 0.25) is 0 Å². The van der Waals surface area contributed by atoms with Gasteiger partial charge >= 0.3 is 5.97 Å². The summed E-state index contributed by atoms with van der Waals surface area (Å²) in [7, 11) is 0. The van der Waals surface area contributed by atoms with Crippen molar-refractivity contribution in [2.45, 2.75) is 70.2 Å². The largest absolute Gasteiger partial charge is 0.481 e. The van der Waals surface area contributed by atoms with Gasteiger partial charge in [-0.25, -0.2) is 0 Å². The van der Waals surface area contributed by atoms with Gasteiger partial charge in [-0.15, -0.1) is 0 Å². The lowest BCUT2D eigenvalue weighted by Crippen LogP contribution is -2.20. The van der Waals surface area contributed by atoms with Gasteiger partial charge in [0.25, 0.3) is 0 Å². The molecule has 0 aromatic carbocycles. The van der Waals surface area contributed by atoms with Crippen LogP contribution in [0.15, 0.2) is 48.6 Å². The number of aliphatic hydroxyl groups is 3. The van der Waals surface area contributed by atoms with E-state index < -0.39 is 24.3 Å². The first kappa shape index (κ1) is 23.3. The minimum Gasteiger partial charge on any atom is -0.481 e. The number of hydrogen-bond donors (Lipinski definition) is 4. The van der Waals surface area contributed by atoms with Crippen molar-refractivity contribution in [1.29, 1.82) is 0 Å². The Hall–Kier alpha value is -1.69. The highest BCUT2D eigenvalue weighted by Gasteiger charge is 2.39. The SMILES string of the molecule is CC/C=C\C[C@H](O)/C=C/[C@H]1[C@@H](C/C=C\C/C=C\CCC(=O)O)[C@@H](O)C[C@H]1O. The van der Waals surface area contributed by atoms with Gasteiger partial charge < -0.3 is 20.4 Å². The zero-order valence-electron chi connectivity index (χ0n) is 16.2. The van der Waals surface area contributed by atoms with Crippen LogP contribution in [0.4, 0.5) is 0 Å². The summed E-state index contributed by atoms with van der Waals surface area (Å²) in [6.07, 6.45) is 17.4. The summed E-state index contributed by atoms with van der Waals surface area (Å²) < 4.78 is 0. The van der Waals surface area contributed by atoms with Gasteiger partial charge in [-0.2, -0.15) is 0 Å². The lowest BCUT2D eigenvalue weighted by Gasteiger charge is -2.19. The molecule has 152 valence electrons. The second kappa shape index (κ2) is 13.5. The van der Waals surface area contributed by atoms with E-state index in [1.165, 1.54) is 0 Å². The maximum absolute atomic E-state index is 10.4. The Bertz CT molecular complexity index is 535. The summed E-state index contributed by atoms with van der Waals surface area (Å²) in [6, 6.07) is 0. The van der Waals surface area contributed by atoms with E-state index in [0.717, 1.165) is 6.42 Å². The highest BCUT2D eigenvalue weighted by Crippen LogP contribution is 2.36. The second-order valence-electron chi connectivity index (χ2n) is 7.03. The Morgan fingerprint density at radius 3 is 2.52 bits per heavy atom. The van der Waals surface area contributed by atoms with Gasteiger partial charge in [0.15, 0.2) is 0 Å². The molecule has 5 heteroatoms. The molecule has 1 rings (SSSR count). The number of carboxylic acids is 1. The lowest BCUT2D eigenvalue weighted by molar-refractivity contribution is -0.136. The molecule has 0 saturated heterocycles. The number of rotatable bonds is 12. The molecule has 1 aliphatic rings. The van der Waals surface area contributed by atoms with Crippen LogP contribution >= 0.6 is 0 Å². The van der Waals surface area contributed by atoms with E-state index in [4.69, 9.17) is 5.11 Å². The zero-order chi connectivity index (χ0) is 20.1. The van der Waals surface area contributed by atoms with E-state index in [2.05, 4.69) is 0 Å². The van der Waals surface area contributed by atoms with Crippen LogP contribution in [-0.2, 0) is 4.79 Å². The third-order valence-corrected chi connectivity index (χ3v) is 4.79. The molecule has 1 saturated carbocycles. The predicted octanol–water partition coefficient (Wildman–Crippen LogP) is 3.38. The number of aliphatic carboxylic acids is 1. The number of allylic oxidation sites excluding steroid dienone is 5. The molecule has 0 bridgehead atoms. The number of aliphatic hydroxyl groups excluding tert-OH is 3. The molecule has 0 amide bonds. The minimum atomic E-state index is -0.797. The van der Waals surface area contributed by atoms with Crippen molar-refractivity contribution >= 4 is 5.97 Å². The molecule has 0 aromatic heterocycles. The number of carbonyl (C=O) groups is 1. The molecule has 0 heterocycles. The van der Waals surface area contributed by atoms with Crippen LogP contribution in [0.5, 0.6) is 0 Å². The Morgan fingerprint density at radius 1 is 1.07 bits per heavy atom. The molecule has 5 nitrogen and oxygen atoms in total. The molecule has 0 unspecified atom stereocenters. The summed E-state index contributed by atoms with van der Waals surface area (Å²) in [5, 5.41) is 39.0. The minimum absolute atomic E-state index is 0.0677. The van der Waals surface area contributed by atoms with Crippen molar-refractivity contribution in [2.24, 2.45) is 11.8 Å². The Labute approximate surface area is 162 Å². The van der Waals surface area contributed by atoms with Crippen molar-refractivity contribution in [3.05, 3.63) is 48.6 Å². The topological polar surface area (TPSA) is 98.0 Å². The molecular weight excluding hydrogens is 344 g/mol. The molecule has 1 aliphatic carbocycles. The van der Waals surface area contributed by atoms with E-state index >= 15 is 0 Å². The smallest absolute Gasteiger partial charge is 0.303 e. The molecular formula is C22H34O5. The van der Waals surface area contributed by atoms with E-state index in [-0.39, 0.29) is 18.3 Å². The lowest BCUT2D eigenvalue weighted by atomic mass is 9.89. The van der Waals surface area contributed by atoms with Crippen molar-refractivity contribution < 1.29 is 25.2 Å². The number of hydrogen-bond acceptors (Lipinski definition) is 4. The van der Waals surface area contributed by atoms with Crippen LogP contribution in [-0.4, -0.2) is 44.7 Å². The average Bonchev–Trinajstić information content (AvgIpc) is 2.88. The van der Waals surface area contributed by atoms with Crippen molar-refractivity contribution in [3.8, 4) is 0 Å². The molecule has 27 heavy (non-hydrogen) atoms. The summed E-state index contributed by atoms with van der Waals surface area (Å²) in [5.41, 5.74) is 0. The van der Waals surface area contributed by atoms with Crippen molar-refractivity contribution in [1.82, 2.24) is 0 Å². The quantitative estimate of drug-likeness (QED) is 0.390. The second-order valence-corrected chi connectivity index (χ2v) is 7.03. The maximum atomic E-state index is 10.4. The van der Waals surface area contributed by atoms with E-state index in [0.29, 0.717) is 32.1 Å². The summed E-state index contributed by atoms with van der Waals surface area (Å²) in [4.78, 5) is 10.4. The molecule has 5 atom stereocenters. The average molecular weight is 379 g/mol. The molecule has 0 radical (unpaired) electrons. The van der Waals surface area contributed by atoms with Crippen LogP contribution in [0, 0.1) is 11.8 Å². The van der Waals surface area contributed by atoms with Crippen LogP contribution in [0.25, 0.3) is 0 Å². The van der Waals surface area contributed by atoms with Gasteiger partial charge in [0.05, 0.1) is 18.3 Å². The van der Waals surface area contributed by atoms with E-state index in [9.17, 15) is 20.1 Å². The van der Waals surface area contributed by atoms with E-state index in [1.807, 2.05) is 49.5 Å². The summed E-state index contributed by atoms with van der Waals surface area (Å²) in [6.45, 7) is 2.04. The van der Waals surface area contributed by atoms with Gasteiger partial charge in [0.2, 0.25) is 0 Å². The monoisotopic (exact) mass is 378 g/mol. The third-order valence-electron chi connectivity index (χ3n) is 4.79. The van der Waals surface area contributed by atoms with Gasteiger partial charge in [0.1, 0.15) is 0 Å². The first-order valence-electron chi connectivity index (χ1n) is 9.85. The van der Waals surface area contributed by atoms with Gasteiger partial charge in [0, 0.05) is 18.8 Å². The van der Waals surface area contributed by atoms with Gasteiger partial charge in [-0.1, -0.05) is 55.5 Å². The van der Waals surface area contributed by atoms with Gasteiger partial charge in [-0.3, -0.25) is 4.79 Å². The molecule has 0 aromatic rings. The van der Waals surface area contributed by atoms with E-state index in [1.54, 1.807) is 6.08 Å². The third kappa shape index (κ3) is 9.70. The van der Waals surface area contributed by atoms with Crippen molar-refractivity contribution in [2.75, 3.05) is 0 Å². The predicted molar refractivity (Wildman–Crippen MR) is 107 cm³/mol. The standard InChI is InChI=1S/C22H34O5/c1-2-3-8-11-17(23)14-15-19-18(20(24)16-21(19)25)12-9-6-4-5-7-10-13-22(26)27/h3,5-9,14-15,17-21,23-25H,2,4,10-13,16H2,1H3,(H,26,27)/b7-5-,8-3-,9-6-,15-14+/t17-,18+,19-,20-,21+/m0/s1. The maximum Gasteiger partial charge on any atom is 0.303 e. The Balaban J connectivity index is 2.47. The molecule has 4 N–H and O–H groups in total. The first-order valence-corrected chi connectivity index (χ1v) is 9.85. The first-order chi connectivity index (χ1) is 13.0. The van der Waals surface area contributed by atoms with Crippen LogP contribution < -0.4 is 0 Å². The van der Waals surface area contributed by atoms with Crippen LogP contribution in [0.1, 0.15) is 51.9 Å². The fourth-order valence-corrected chi connectivity index (χ4v) is 3.29. The highest BCUT2D eigenvalue weighted by molar-refractivity contribution is 5.66. The normalized spacial score (nSPS) is 27.6. The Kier molecular flexibility index (Phi) is 11.7. The Morgan fingerprint density at radius 2 is 1.81 bits per heavy atom. The van der Waals surface area contributed by atoms with Crippen molar-refractivity contribution in [3.63, 3.8) is 0 Å². The zero-order valence-corrected chi connectivity index (χ0v) is 16.2. The highest BCUT2D eigenvalue weighted by atomic mass is 16.4. The number of carboxylic acid groups (broad SMARTS) is 1. The fraction of sp³-hybridized carbons (Fsp3) is 0.591. The molecule has 1 fully saturated rings. The molecule has 0 spiro atoms. The fourth-order valence-electron chi connectivity index (χ4n) is 3.29.